The van der Waals surface area contributed by atoms with Crippen LogP contribution in [0.4, 0.5) is 0 Å². The van der Waals surface area contributed by atoms with Gasteiger partial charge < -0.3 is 9.47 Å². The molecule has 0 spiro atoms. The molecule has 1 aromatic carbocycles. The van der Waals surface area contributed by atoms with Crippen LogP contribution in [-0.4, -0.2) is 34.5 Å². The number of carbonyl (C=O) groups excluding carboxylic acids is 1. The van der Waals surface area contributed by atoms with Crippen LogP contribution >= 0.6 is 0 Å². The summed E-state index contributed by atoms with van der Waals surface area (Å²) < 4.78 is 11.8. The van der Waals surface area contributed by atoms with Crippen LogP contribution in [0, 0.1) is 0 Å². The number of methoxy groups -OCH3 is 1. The van der Waals surface area contributed by atoms with Gasteiger partial charge in [-0.1, -0.05) is 12.1 Å². The third-order valence-corrected chi connectivity index (χ3v) is 2.10. The molecule has 0 unspecified atom stereocenters. The number of para-hydroxylation sites is 2. The van der Waals surface area contributed by atoms with E-state index < -0.39 is 0 Å². The summed E-state index contributed by atoms with van der Waals surface area (Å²) in [7, 11) is 1.54. The minimum atomic E-state index is -0.319. The number of amides is 1. The van der Waals surface area contributed by atoms with Crippen molar-refractivity contribution < 1.29 is 14.3 Å². The highest BCUT2D eigenvalue weighted by atomic mass is 16.5. The molecule has 0 fully saturated rings. The second-order valence-electron chi connectivity index (χ2n) is 3.34. The Balaban J connectivity index is 1.89. The van der Waals surface area contributed by atoms with Crippen LogP contribution in [0.3, 0.4) is 0 Å². The van der Waals surface area contributed by atoms with Crippen molar-refractivity contribution in [2.75, 3.05) is 19.1 Å². The number of carbonyl (C=O) groups is 1. The smallest absolute Gasteiger partial charge is 0.276 e. The molecule has 0 saturated heterocycles. The molecule has 2 aromatic rings. The van der Waals surface area contributed by atoms with E-state index >= 15 is 0 Å². The predicted molar refractivity (Wildman–Crippen MR) is 62.9 cm³/mol. The number of ether oxygens (including phenoxy) is 2. The average molecular weight is 248 g/mol. The van der Waals surface area contributed by atoms with Gasteiger partial charge in [0.05, 0.1) is 7.11 Å². The highest BCUT2D eigenvalue weighted by Crippen LogP contribution is 2.25. The van der Waals surface area contributed by atoms with Gasteiger partial charge in [0.2, 0.25) is 0 Å². The molecule has 0 radical (unpaired) electrons. The Bertz CT molecular complexity index is 513. The lowest BCUT2D eigenvalue weighted by atomic mass is 10.3. The van der Waals surface area contributed by atoms with Gasteiger partial charge in [-0.05, 0) is 12.1 Å². The fraction of sp³-hybridized carbons (Fsp3) is 0.182. The molecular weight excluding hydrogens is 236 g/mol. The zero-order valence-corrected chi connectivity index (χ0v) is 9.74. The number of hydrogen-bond donors (Lipinski definition) is 1. The minimum absolute atomic E-state index is 0.126. The lowest BCUT2D eigenvalue weighted by molar-refractivity contribution is -0.119. The van der Waals surface area contributed by atoms with Gasteiger partial charge in [-0.15, -0.1) is 10.2 Å². The van der Waals surface area contributed by atoms with Gasteiger partial charge in [0.15, 0.2) is 18.1 Å². The minimum Gasteiger partial charge on any atom is -0.493 e. The SMILES string of the molecule is COc1ccccc1OCC(=O)Nn1cnnc1. The Morgan fingerprint density at radius 2 is 1.94 bits per heavy atom. The van der Waals surface area contributed by atoms with Crippen LogP contribution in [-0.2, 0) is 4.79 Å². The van der Waals surface area contributed by atoms with Crippen LogP contribution < -0.4 is 14.9 Å². The molecule has 1 N–H and O–H groups in total. The highest BCUT2D eigenvalue weighted by molar-refractivity contribution is 5.85. The number of hydrogen-bond acceptors (Lipinski definition) is 5. The van der Waals surface area contributed by atoms with Gasteiger partial charge >= 0.3 is 0 Å². The molecule has 0 saturated carbocycles. The molecule has 1 amide bonds. The lowest BCUT2D eigenvalue weighted by Crippen LogP contribution is -2.27. The van der Waals surface area contributed by atoms with Crippen molar-refractivity contribution in [1.29, 1.82) is 0 Å². The Morgan fingerprint density at radius 3 is 2.61 bits per heavy atom. The molecule has 0 aliphatic heterocycles. The first kappa shape index (κ1) is 11.9. The summed E-state index contributed by atoms with van der Waals surface area (Å²) in [4.78, 5) is 11.5. The predicted octanol–water partition coefficient (Wildman–Crippen LogP) is 0.436. The van der Waals surface area contributed by atoms with Crippen molar-refractivity contribution in [3.8, 4) is 11.5 Å². The topological polar surface area (TPSA) is 78.3 Å². The van der Waals surface area contributed by atoms with E-state index in [-0.39, 0.29) is 12.5 Å². The fourth-order valence-corrected chi connectivity index (χ4v) is 1.32. The second kappa shape index (κ2) is 5.67. The van der Waals surface area contributed by atoms with Gasteiger partial charge in [0, 0.05) is 0 Å². The maximum Gasteiger partial charge on any atom is 0.276 e. The van der Waals surface area contributed by atoms with E-state index in [1.54, 1.807) is 25.3 Å². The summed E-state index contributed by atoms with van der Waals surface area (Å²) in [5.74, 6) is 0.772. The van der Waals surface area contributed by atoms with E-state index in [1.165, 1.54) is 17.3 Å². The van der Waals surface area contributed by atoms with E-state index in [1.807, 2.05) is 6.07 Å². The normalized spacial score (nSPS) is 9.83. The molecular formula is C11H12N4O3. The van der Waals surface area contributed by atoms with Crippen molar-refractivity contribution in [3.63, 3.8) is 0 Å². The van der Waals surface area contributed by atoms with Crippen molar-refractivity contribution in [3.05, 3.63) is 36.9 Å². The Morgan fingerprint density at radius 1 is 1.28 bits per heavy atom. The standard InChI is InChI=1S/C11H12N4O3/c1-17-9-4-2-3-5-10(9)18-6-11(16)14-15-7-12-13-8-15/h2-5,7-8H,6H2,1H3,(H,14,16). The third kappa shape index (κ3) is 2.97. The number of nitrogens with one attached hydrogen (secondary N) is 1. The molecule has 7 heteroatoms. The molecule has 1 heterocycles. The molecule has 0 atom stereocenters. The second-order valence-corrected chi connectivity index (χ2v) is 3.34. The van der Waals surface area contributed by atoms with Gasteiger partial charge in [0.1, 0.15) is 12.7 Å². The zero-order chi connectivity index (χ0) is 12.8. The molecule has 0 aliphatic rings. The molecule has 94 valence electrons. The van der Waals surface area contributed by atoms with E-state index in [0.29, 0.717) is 11.5 Å². The maximum atomic E-state index is 11.5. The van der Waals surface area contributed by atoms with E-state index in [2.05, 4.69) is 15.6 Å². The highest BCUT2D eigenvalue weighted by Gasteiger charge is 2.06. The zero-order valence-electron chi connectivity index (χ0n) is 9.74. The van der Waals surface area contributed by atoms with Gasteiger partial charge in [0.25, 0.3) is 5.91 Å². The van der Waals surface area contributed by atoms with Crippen LogP contribution in [0.2, 0.25) is 0 Å². The first-order valence-electron chi connectivity index (χ1n) is 5.20. The van der Waals surface area contributed by atoms with Crippen LogP contribution in [0.5, 0.6) is 11.5 Å². The fourth-order valence-electron chi connectivity index (χ4n) is 1.32. The van der Waals surface area contributed by atoms with Crippen molar-refractivity contribution in [1.82, 2.24) is 14.9 Å². The summed E-state index contributed by atoms with van der Waals surface area (Å²) in [6.07, 6.45) is 2.75. The molecule has 1 aromatic heterocycles. The van der Waals surface area contributed by atoms with E-state index in [0.717, 1.165) is 0 Å². The third-order valence-electron chi connectivity index (χ3n) is 2.10. The monoisotopic (exact) mass is 248 g/mol. The largest absolute Gasteiger partial charge is 0.493 e. The van der Waals surface area contributed by atoms with Gasteiger partial charge in [-0.2, -0.15) is 0 Å². The molecule has 7 nitrogen and oxygen atoms in total. The first-order chi connectivity index (χ1) is 8.79. The van der Waals surface area contributed by atoms with E-state index in [9.17, 15) is 4.79 Å². The molecule has 18 heavy (non-hydrogen) atoms. The summed E-state index contributed by atoms with van der Waals surface area (Å²) in [6.45, 7) is -0.126. The Hall–Kier alpha value is -2.57. The van der Waals surface area contributed by atoms with Crippen LogP contribution in [0.1, 0.15) is 0 Å². The number of aromatic nitrogens is 3. The summed E-state index contributed by atoms with van der Waals surface area (Å²) in [5.41, 5.74) is 2.52. The maximum absolute atomic E-state index is 11.5. The molecule has 0 aliphatic carbocycles. The molecule has 2 rings (SSSR count). The van der Waals surface area contributed by atoms with Crippen molar-refractivity contribution in [2.45, 2.75) is 0 Å². The van der Waals surface area contributed by atoms with Crippen molar-refractivity contribution >= 4 is 5.91 Å². The lowest BCUT2D eigenvalue weighted by Gasteiger charge is -2.10. The van der Waals surface area contributed by atoms with Crippen LogP contribution in [0.25, 0.3) is 0 Å². The summed E-state index contributed by atoms with van der Waals surface area (Å²) in [6, 6.07) is 7.11. The number of nitrogens with zero attached hydrogens (tertiary/aromatic N) is 3. The quantitative estimate of drug-likeness (QED) is 0.830. The Kier molecular flexibility index (Phi) is 3.75. The van der Waals surface area contributed by atoms with Gasteiger partial charge in [-0.25, -0.2) is 4.68 Å². The van der Waals surface area contributed by atoms with E-state index in [4.69, 9.17) is 9.47 Å². The van der Waals surface area contributed by atoms with Crippen LogP contribution in [0.15, 0.2) is 36.9 Å². The van der Waals surface area contributed by atoms with Crippen molar-refractivity contribution in [2.24, 2.45) is 0 Å². The first-order valence-corrected chi connectivity index (χ1v) is 5.20. The summed E-state index contributed by atoms with van der Waals surface area (Å²) >= 11 is 0. The number of rotatable bonds is 5. The molecule has 0 bridgehead atoms. The number of benzene rings is 1. The van der Waals surface area contributed by atoms with Gasteiger partial charge in [-0.3, -0.25) is 10.2 Å². The summed E-state index contributed by atoms with van der Waals surface area (Å²) in [5, 5.41) is 7.12. The average Bonchev–Trinajstić information content (AvgIpc) is 2.89. The Labute approximate surface area is 103 Å².